The van der Waals surface area contributed by atoms with E-state index in [1.165, 1.54) is 22.9 Å². The SMILES string of the molecule is Cc1nc(N2CCC3(CC2)Cc2ccccc2[C@H]3N[S+]([O-])C(C)(C)C)cnc1Sc1ccnc(N)c1Cl. The van der Waals surface area contributed by atoms with Crippen molar-refractivity contribution in [2.24, 2.45) is 5.41 Å². The monoisotopic (exact) mass is 556 g/mol. The first-order valence-corrected chi connectivity index (χ1v) is 14.8. The summed E-state index contributed by atoms with van der Waals surface area (Å²) in [5.41, 5.74) is 9.40. The van der Waals surface area contributed by atoms with Crippen LogP contribution in [0.1, 0.15) is 56.5 Å². The van der Waals surface area contributed by atoms with Gasteiger partial charge in [0.15, 0.2) is 0 Å². The van der Waals surface area contributed by atoms with E-state index >= 15 is 0 Å². The number of aromatic nitrogens is 3. The molecule has 0 bridgehead atoms. The number of nitrogens with two attached hydrogens (primary N) is 1. The van der Waals surface area contributed by atoms with Crippen molar-refractivity contribution in [1.82, 2.24) is 19.7 Å². The molecule has 1 aliphatic heterocycles. The molecule has 0 saturated carbocycles. The Kier molecular flexibility index (Phi) is 7.37. The molecule has 2 aromatic heterocycles. The Morgan fingerprint density at radius 1 is 1.19 bits per heavy atom. The number of nitrogens with zero attached hydrogens (tertiary/aromatic N) is 4. The third-order valence-electron chi connectivity index (χ3n) is 7.36. The number of anilines is 2. The molecule has 0 radical (unpaired) electrons. The van der Waals surface area contributed by atoms with Crippen LogP contribution in [-0.4, -0.2) is 37.3 Å². The quantitative estimate of drug-likeness (QED) is 0.397. The van der Waals surface area contributed by atoms with E-state index < -0.39 is 11.4 Å². The van der Waals surface area contributed by atoms with Crippen LogP contribution in [0.4, 0.5) is 11.6 Å². The van der Waals surface area contributed by atoms with Gasteiger partial charge in [-0.05, 0) is 64.2 Å². The van der Waals surface area contributed by atoms with Gasteiger partial charge in [0.25, 0.3) is 0 Å². The van der Waals surface area contributed by atoms with Gasteiger partial charge in [0, 0.05) is 41.0 Å². The molecular formula is C27H33ClN6OS2. The number of piperidine rings is 1. The summed E-state index contributed by atoms with van der Waals surface area (Å²) in [7, 11) is 0. The second-order valence-corrected chi connectivity index (χ2v) is 14.3. The molecule has 10 heteroatoms. The van der Waals surface area contributed by atoms with Gasteiger partial charge in [-0.1, -0.05) is 47.6 Å². The topological polar surface area (TPSA) is 103 Å². The number of fused-ring (bicyclic) bond motifs is 1. The summed E-state index contributed by atoms with van der Waals surface area (Å²) < 4.78 is 16.3. The fraction of sp³-hybridized carbons (Fsp3) is 0.444. The van der Waals surface area contributed by atoms with Crippen LogP contribution >= 0.6 is 23.4 Å². The molecule has 1 aromatic carbocycles. The van der Waals surface area contributed by atoms with Crippen LogP contribution in [0.5, 0.6) is 0 Å². The number of nitrogens with one attached hydrogen (secondary N) is 1. The zero-order chi connectivity index (χ0) is 26.4. The van der Waals surface area contributed by atoms with Gasteiger partial charge in [-0.3, -0.25) is 0 Å². The molecule has 1 saturated heterocycles. The number of halogens is 1. The lowest BCUT2D eigenvalue weighted by atomic mass is 9.73. The Hall–Kier alpha value is -2.04. The molecule has 2 aliphatic rings. The maximum Gasteiger partial charge on any atom is 0.147 e. The van der Waals surface area contributed by atoms with E-state index in [1.807, 2.05) is 40.0 Å². The number of pyridine rings is 1. The van der Waals surface area contributed by atoms with Crippen molar-refractivity contribution in [2.75, 3.05) is 23.7 Å². The first-order chi connectivity index (χ1) is 17.6. The molecule has 1 spiro atoms. The van der Waals surface area contributed by atoms with Crippen molar-refractivity contribution in [3.63, 3.8) is 0 Å². The maximum atomic E-state index is 13.1. The first-order valence-electron chi connectivity index (χ1n) is 12.5. The summed E-state index contributed by atoms with van der Waals surface area (Å²) in [5, 5.41) is 1.23. The van der Waals surface area contributed by atoms with Gasteiger partial charge in [0.1, 0.15) is 21.4 Å². The molecule has 0 amide bonds. The standard InChI is InChI=1S/C27H33ClN6OS2/c1-17-25(36-20-9-12-30-24(29)22(20)28)31-16-21(32-17)34-13-10-27(11-14-34)15-18-7-5-6-8-19(18)23(27)33-37(35)26(2,3)4/h5-9,12,16,23,33H,10-11,13-15H2,1-4H3,(H2,29,30)/t23-,37?/m1/s1. The molecule has 1 fully saturated rings. The van der Waals surface area contributed by atoms with Crippen LogP contribution in [0, 0.1) is 12.3 Å². The Morgan fingerprint density at radius 3 is 2.62 bits per heavy atom. The number of hydrogen-bond acceptors (Lipinski definition) is 8. The molecular weight excluding hydrogens is 524 g/mol. The number of hydrogen-bond donors (Lipinski definition) is 2. The van der Waals surface area contributed by atoms with Crippen molar-refractivity contribution in [3.05, 3.63) is 64.6 Å². The van der Waals surface area contributed by atoms with Gasteiger partial charge < -0.3 is 15.2 Å². The Bertz CT molecular complexity index is 1290. The average molecular weight is 557 g/mol. The molecule has 1 unspecified atom stereocenters. The predicted molar refractivity (Wildman–Crippen MR) is 152 cm³/mol. The van der Waals surface area contributed by atoms with E-state index in [0.29, 0.717) is 10.8 Å². The molecule has 3 aromatic rings. The summed E-state index contributed by atoms with van der Waals surface area (Å²) in [5.74, 6) is 1.19. The molecule has 196 valence electrons. The van der Waals surface area contributed by atoms with E-state index in [0.717, 1.165) is 53.8 Å². The van der Waals surface area contributed by atoms with Crippen LogP contribution < -0.4 is 15.4 Å². The lowest BCUT2D eigenvalue weighted by Gasteiger charge is -2.44. The summed E-state index contributed by atoms with van der Waals surface area (Å²) in [4.78, 5) is 16.7. The second kappa shape index (κ2) is 10.3. The van der Waals surface area contributed by atoms with Crippen molar-refractivity contribution < 1.29 is 4.55 Å². The van der Waals surface area contributed by atoms with Crippen LogP contribution in [0.3, 0.4) is 0 Å². The third kappa shape index (κ3) is 5.29. The number of aryl methyl sites for hydroxylation is 1. The van der Waals surface area contributed by atoms with E-state index in [9.17, 15) is 4.55 Å². The lowest BCUT2D eigenvalue weighted by molar-refractivity contribution is 0.176. The van der Waals surface area contributed by atoms with Gasteiger partial charge in [0.2, 0.25) is 0 Å². The van der Waals surface area contributed by atoms with Gasteiger partial charge in [-0.15, -0.1) is 4.72 Å². The molecule has 3 N–H and O–H groups in total. The zero-order valence-electron chi connectivity index (χ0n) is 21.6. The van der Waals surface area contributed by atoms with Crippen molar-refractivity contribution in [2.45, 2.75) is 67.7 Å². The Morgan fingerprint density at radius 2 is 1.92 bits per heavy atom. The van der Waals surface area contributed by atoms with E-state index in [1.54, 1.807) is 6.20 Å². The molecule has 2 atom stereocenters. The molecule has 3 heterocycles. The second-order valence-electron chi connectivity index (χ2n) is 10.9. The first kappa shape index (κ1) is 26.6. The minimum absolute atomic E-state index is 0.0391. The van der Waals surface area contributed by atoms with Crippen LogP contribution in [-0.2, 0) is 17.8 Å². The van der Waals surface area contributed by atoms with Crippen LogP contribution in [0.15, 0.2) is 52.6 Å². The van der Waals surface area contributed by atoms with Crippen LogP contribution in [0.2, 0.25) is 5.02 Å². The fourth-order valence-corrected chi connectivity index (χ4v) is 7.24. The normalized spacial score (nSPS) is 19.7. The summed E-state index contributed by atoms with van der Waals surface area (Å²) in [6.07, 6.45) is 6.48. The number of benzene rings is 1. The fourth-order valence-electron chi connectivity index (χ4n) is 5.24. The smallest absolute Gasteiger partial charge is 0.147 e. The average Bonchev–Trinajstić information content (AvgIpc) is 3.15. The highest BCUT2D eigenvalue weighted by molar-refractivity contribution is 7.99. The highest BCUT2D eigenvalue weighted by atomic mass is 35.5. The molecule has 7 nitrogen and oxygen atoms in total. The zero-order valence-corrected chi connectivity index (χ0v) is 24.0. The number of rotatable bonds is 5. The van der Waals surface area contributed by atoms with Gasteiger partial charge in [-0.2, -0.15) is 0 Å². The van der Waals surface area contributed by atoms with E-state index in [-0.39, 0.29) is 16.2 Å². The molecule has 1 aliphatic carbocycles. The minimum atomic E-state index is -1.14. The maximum absolute atomic E-state index is 13.1. The highest BCUT2D eigenvalue weighted by Crippen LogP contribution is 2.53. The Balaban J connectivity index is 1.32. The predicted octanol–water partition coefficient (Wildman–Crippen LogP) is 5.50. The van der Waals surface area contributed by atoms with Crippen molar-refractivity contribution in [3.8, 4) is 0 Å². The molecule has 37 heavy (non-hydrogen) atoms. The van der Waals surface area contributed by atoms with Gasteiger partial charge >= 0.3 is 0 Å². The van der Waals surface area contributed by atoms with Gasteiger partial charge in [-0.25, -0.2) is 15.0 Å². The summed E-state index contributed by atoms with van der Waals surface area (Å²) >= 11 is 6.62. The Labute approximate surface area is 231 Å². The van der Waals surface area contributed by atoms with Crippen molar-refractivity contribution >= 4 is 46.4 Å². The highest BCUT2D eigenvalue weighted by Gasteiger charge is 2.50. The molecule has 5 rings (SSSR count). The van der Waals surface area contributed by atoms with Crippen LogP contribution in [0.25, 0.3) is 0 Å². The largest absolute Gasteiger partial charge is 0.598 e. The third-order valence-corrected chi connectivity index (χ3v) is 10.6. The van der Waals surface area contributed by atoms with E-state index in [4.69, 9.17) is 27.3 Å². The number of nitrogen functional groups attached to an aromatic ring is 1. The summed E-state index contributed by atoms with van der Waals surface area (Å²) in [6, 6.07) is 10.5. The summed E-state index contributed by atoms with van der Waals surface area (Å²) in [6.45, 7) is 9.79. The van der Waals surface area contributed by atoms with Crippen molar-refractivity contribution in [1.29, 1.82) is 0 Å². The van der Waals surface area contributed by atoms with E-state index in [2.05, 4.69) is 38.9 Å². The van der Waals surface area contributed by atoms with Gasteiger partial charge in [0.05, 0.1) is 23.0 Å². The minimum Gasteiger partial charge on any atom is -0.598 e. The lowest BCUT2D eigenvalue weighted by Crippen LogP contribution is -2.49.